The minimum absolute atomic E-state index is 0. The third-order valence-corrected chi connectivity index (χ3v) is 4.96. The highest BCUT2D eigenvalue weighted by molar-refractivity contribution is 7.12. The summed E-state index contributed by atoms with van der Waals surface area (Å²) in [7, 11) is 0. The summed E-state index contributed by atoms with van der Waals surface area (Å²) in [6, 6.07) is 10.4. The molecule has 102 valence electrons. The lowest BCUT2D eigenvalue weighted by molar-refractivity contribution is 0.459. The van der Waals surface area contributed by atoms with Gasteiger partial charge in [-0.3, -0.25) is 0 Å². The van der Waals surface area contributed by atoms with Crippen LogP contribution in [0.2, 0.25) is 0 Å². The predicted molar refractivity (Wildman–Crippen MR) is 83.9 cm³/mol. The SMILES string of the molecule is Cc1sc(C2(N)CCCC2)nc1-c1ccccc1.Cl. The molecule has 2 aromatic rings. The first-order chi connectivity index (χ1) is 8.69. The van der Waals surface area contributed by atoms with Crippen molar-refractivity contribution in [1.82, 2.24) is 4.98 Å². The quantitative estimate of drug-likeness (QED) is 0.898. The maximum Gasteiger partial charge on any atom is 0.113 e. The van der Waals surface area contributed by atoms with Crippen LogP contribution in [0.15, 0.2) is 30.3 Å². The van der Waals surface area contributed by atoms with Crippen molar-refractivity contribution in [3.8, 4) is 11.3 Å². The van der Waals surface area contributed by atoms with Gasteiger partial charge in [0.2, 0.25) is 0 Å². The highest BCUT2D eigenvalue weighted by Gasteiger charge is 2.34. The fourth-order valence-electron chi connectivity index (χ4n) is 2.69. The Labute approximate surface area is 124 Å². The smallest absolute Gasteiger partial charge is 0.113 e. The van der Waals surface area contributed by atoms with Crippen LogP contribution in [0, 0.1) is 6.92 Å². The molecule has 4 heteroatoms. The molecule has 0 saturated heterocycles. The molecule has 0 unspecified atom stereocenters. The van der Waals surface area contributed by atoms with Crippen LogP contribution >= 0.6 is 23.7 Å². The molecular formula is C15H19ClN2S. The number of rotatable bonds is 2. The van der Waals surface area contributed by atoms with Gasteiger partial charge < -0.3 is 5.73 Å². The topological polar surface area (TPSA) is 38.9 Å². The van der Waals surface area contributed by atoms with Crippen LogP contribution < -0.4 is 5.73 Å². The van der Waals surface area contributed by atoms with E-state index in [1.807, 2.05) is 6.07 Å². The van der Waals surface area contributed by atoms with Gasteiger partial charge >= 0.3 is 0 Å². The van der Waals surface area contributed by atoms with Crippen molar-refractivity contribution < 1.29 is 0 Å². The molecule has 0 bridgehead atoms. The highest BCUT2D eigenvalue weighted by Crippen LogP contribution is 2.40. The number of thiazole rings is 1. The average molecular weight is 295 g/mol. The summed E-state index contributed by atoms with van der Waals surface area (Å²) in [4.78, 5) is 6.10. The van der Waals surface area contributed by atoms with Crippen LogP contribution in [0.25, 0.3) is 11.3 Å². The molecule has 1 aliphatic carbocycles. The summed E-state index contributed by atoms with van der Waals surface area (Å²) in [5.41, 5.74) is 8.62. The van der Waals surface area contributed by atoms with Crippen molar-refractivity contribution in [1.29, 1.82) is 0 Å². The maximum absolute atomic E-state index is 6.49. The molecule has 1 heterocycles. The van der Waals surface area contributed by atoms with E-state index in [1.54, 1.807) is 11.3 Å². The van der Waals surface area contributed by atoms with E-state index in [2.05, 4.69) is 31.2 Å². The van der Waals surface area contributed by atoms with Crippen LogP contribution in [-0.4, -0.2) is 4.98 Å². The molecule has 0 radical (unpaired) electrons. The lowest BCUT2D eigenvalue weighted by atomic mass is 10.0. The largest absolute Gasteiger partial charge is 0.319 e. The van der Waals surface area contributed by atoms with E-state index in [9.17, 15) is 0 Å². The molecule has 1 fully saturated rings. The van der Waals surface area contributed by atoms with Gasteiger partial charge in [-0.2, -0.15) is 0 Å². The van der Waals surface area contributed by atoms with Crippen LogP contribution in [0.3, 0.4) is 0 Å². The summed E-state index contributed by atoms with van der Waals surface area (Å²) in [6.45, 7) is 2.14. The standard InChI is InChI=1S/C15H18N2S.ClH/c1-11-13(12-7-3-2-4-8-12)17-14(18-11)15(16)9-5-6-10-15;/h2-4,7-8H,5-6,9-10,16H2,1H3;1H. The number of nitrogens with zero attached hydrogens (tertiary/aromatic N) is 1. The molecular weight excluding hydrogens is 276 g/mol. The van der Waals surface area contributed by atoms with Crippen molar-refractivity contribution in [3.05, 3.63) is 40.2 Å². The second kappa shape index (κ2) is 5.61. The first-order valence-corrected chi connectivity index (χ1v) is 7.33. The molecule has 1 aromatic heterocycles. The highest BCUT2D eigenvalue weighted by atomic mass is 35.5. The number of nitrogens with two attached hydrogens (primary N) is 1. The first-order valence-electron chi connectivity index (χ1n) is 6.51. The van der Waals surface area contributed by atoms with E-state index in [1.165, 1.54) is 23.3 Å². The van der Waals surface area contributed by atoms with Crippen molar-refractivity contribution >= 4 is 23.7 Å². The molecule has 1 saturated carbocycles. The molecule has 1 aliphatic rings. The Morgan fingerprint density at radius 1 is 1.16 bits per heavy atom. The molecule has 0 spiro atoms. The second-order valence-electron chi connectivity index (χ2n) is 5.15. The number of aromatic nitrogens is 1. The van der Waals surface area contributed by atoms with Gasteiger partial charge in [-0.05, 0) is 19.8 Å². The Kier molecular flexibility index (Phi) is 4.29. The Balaban J connectivity index is 0.00000133. The lowest BCUT2D eigenvalue weighted by Gasteiger charge is -2.19. The zero-order chi connectivity index (χ0) is 12.6. The Morgan fingerprint density at radius 3 is 2.42 bits per heavy atom. The molecule has 0 amide bonds. The normalized spacial score (nSPS) is 17.2. The minimum atomic E-state index is -0.164. The lowest BCUT2D eigenvalue weighted by Crippen LogP contribution is -2.32. The zero-order valence-electron chi connectivity index (χ0n) is 11.1. The van der Waals surface area contributed by atoms with Gasteiger partial charge in [0, 0.05) is 10.4 Å². The van der Waals surface area contributed by atoms with E-state index in [4.69, 9.17) is 10.7 Å². The summed E-state index contributed by atoms with van der Waals surface area (Å²) in [5, 5.41) is 1.12. The average Bonchev–Trinajstić information content (AvgIpc) is 2.98. The van der Waals surface area contributed by atoms with Gasteiger partial charge in [0.25, 0.3) is 0 Å². The fourth-order valence-corrected chi connectivity index (χ4v) is 3.79. The molecule has 1 aromatic carbocycles. The van der Waals surface area contributed by atoms with Gasteiger partial charge in [0.05, 0.1) is 11.2 Å². The summed E-state index contributed by atoms with van der Waals surface area (Å²) < 4.78 is 0. The molecule has 2 nitrogen and oxygen atoms in total. The molecule has 2 N–H and O–H groups in total. The Bertz CT molecular complexity index is 545. The number of halogens is 1. The van der Waals surface area contributed by atoms with E-state index >= 15 is 0 Å². The monoisotopic (exact) mass is 294 g/mol. The molecule has 0 aliphatic heterocycles. The van der Waals surface area contributed by atoms with Gasteiger partial charge in [-0.1, -0.05) is 43.2 Å². The van der Waals surface area contributed by atoms with Crippen molar-refractivity contribution in [2.24, 2.45) is 5.73 Å². The van der Waals surface area contributed by atoms with Crippen molar-refractivity contribution in [2.45, 2.75) is 38.1 Å². The third kappa shape index (κ3) is 2.69. The van der Waals surface area contributed by atoms with E-state index in [-0.39, 0.29) is 17.9 Å². The van der Waals surface area contributed by atoms with Gasteiger partial charge in [0.1, 0.15) is 5.01 Å². The minimum Gasteiger partial charge on any atom is -0.319 e. The first kappa shape index (κ1) is 14.5. The predicted octanol–water partition coefficient (Wildman–Crippen LogP) is 4.27. The van der Waals surface area contributed by atoms with Crippen LogP contribution in [-0.2, 0) is 5.54 Å². The van der Waals surface area contributed by atoms with E-state index in [0.717, 1.165) is 23.5 Å². The molecule has 19 heavy (non-hydrogen) atoms. The number of hydrogen-bond acceptors (Lipinski definition) is 3. The summed E-state index contributed by atoms with van der Waals surface area (Å²) in [5.74, 6) is 0. The van der Waals surface area contributed by atoms with Crippen molar-refractivity contribution in [3.63, 3.8) is 0 Å². The summed E-state index contributed by atoms with van der Waals surface area (Å²) >= 11 is 1.77. The van der Waals surface area contributed by atoms with E-state index < -0.39 is 0 Å². The molecule has 3 rings (SSSR count). The van der Waals surface area contributed by atoms with Gasteiger partial charge in [-0.15, -0.1) is 23.7 Å². The second-order valence-corrected chi connectivity index (χ2v) is 6.36. The van der Waals surface area contributed by atoms with Gasteiger partial charge in [-0.25, -0.2) is 4.98 Å². The third-order valence-electron chi connectivity index (χ3n) is 3.77. The summed E-state index contributed by atoms with van der Waals surface area (Å²) in [6.07, 6.45) is 4.62. The van der Waals surface area contributed by atoms with Crippen molar-refractivity contribution in [2.75, 3.05) is 0 Å². The van der Waals surface area contributed by atoms with Crippen LogP contribution in [0.4, 0.5) is 0 Å². The number of hydrogen-bond donors (Lipinski definition) is 1. The number of aryl methyl sites for hydroxylation is 1. The molecule has 0 atom stereocenters. The number of benzene rings is 1. The fraction of sp³-hybridized carbons (Fsp3) is 0.400. The van der Waals surface area contributed by atoms with Crippen LogP contribution in [0.1, 0.15) is 35.6 Å². The van der Waals surface area contributed by atoms with E-state index in [0.29, 0.717) is 0 Å². The van der Waals surface area contributed by atoms with Crippen LogP contribution in [0.5, 0.6) is 0 Å². The maximum atomic E-state index is 6.49. The van der Waals surface area contributed by atoms with Gasteiger partial charge in [0.15, 0.2) is 0 Å². The Hall–Kier alpha value is -0.900. The Morgan fingerprint density at radius 2 is 1.79 bits per heavy atom. The zero-order valence-corrected chi connectivity index (χ0v) is 12.7.